The van der Waals surface area contributed by atoms with Gasteiger partial charge >= 0.3 is 0 Å². The molecule has 2 rings (SSSR count). The number of aliphatic hydroxyl groups is 1. The summed E-state index contributed by atoms with van der Waals surface area (Å²) >= 11 is 0. The van der Waals surface area contributed by atoms with E-state index in [1.165, 1.54) is 11.3 Å². The van der Waals surface area contributed by atoms with Crippen molar-refractivity contribution in [2.75, 3.05) is 30.4 Å². The Labute approximate surface area is 97.1 Å². The number of fused-ring (bicyclic) bond motifs is 1. The normalized spacial score (nSPS) is 15.1. The summed E-state index contributed by atoms with van der Waals surface area (Å²) in [6.07, 6.45) is 1.11. The molecule has 0 unspecified atom stereocenters. The lowest BCUT2D eigenvalue weighted by Crippen LogP contribution is -2.29. The summed E-state index contributed by atoms with van der Waals surface area (Å²) in [6.45, 7) is 5.29. The summed E-state index contributed by atoms with van der Waals surface area (Å²) in [5, 5.41) is 12.9. The third-order valence-corrected chi connectivity index (χ3v) is 2.93. The number of anilines is 2. The highest BCUT2D eigenvalue weighted by molar-refractivity contribution is 5.63. The van der Waals surface area contributed by atoms with Crippen LogP contribution in [0.2, 0.25) is 0 Å². The van der Waals surface area contributed by atoms with Crippen LogP contribution in [0.15, 0.2) is 18.2 Å². The molecule has 0 saturated heterocycles. The molecule has 0 aromatic heterocycles. The van der Waals surface area contributed by atoms with E-state index in [-0.39, 0.29) is 0 Å². The molecule has 0 fully saturated rings. The minimum Gasteiger partial charge on any atom is -0.389 e. The first-order chi connectivity index (χ1) is 7.46. The van der Waals surface area contributed by atoms with E-state index in [2.05, 4.69) is 35.5 Å². The van der Waals surface area contributed by atoms with Crippen LogP contribution in [0.3, 0.4) is 0 Å². The standard InChI is InChI=1S/C13H20N2O/c1-13(2,16)9-14-11-4-5-12-10(8-11)6-7-15(12)3/h4-5,8,14,16H,6-7,9H2,1-3H3. The fourth-order valence-corrected chi connectivity index (χ4v) is 2.00. The molecule has 0 saturated carbocycles. The Morgan fingerprint density at radius 3 is 2.88 bits per heavy atom. The molecule has 1 aliphatic rings. The van der Waals surface area contributed by atoms with Crippen LogP contribution in [0.1, 0.15) is 19.4 Å². The molecule has 1 aromatic carbocycles. The van der Waals surface area contributed by atoms with Crippen molar-refractivity contribution in [3.8, 4) is 0 Å². The summed E-state index contributed by atoms with van der Waals surface area (Å²) in [4.78, 5) is 2.27. The molecule has 88 valence electrons. The van der Waals surface area contributed by atoms with Crippen LogP contribution in [0, 0.1) is 0 Å². The number of nitrogens with one attached hydrogen (secondary N) is 1. The molecule has 2 N–H and O–H groups in total. The number of hydrogen-bond donors (Lipinski definition) is 2. The smallest absolute Gasteiger partial charge is 0.0763 e. The Kier molecular flexibility index (Phi) is 2.80. The second-order valence-electron chi connectivity index (χ2n) is 5.18. The van der Waals surface area contributed by atoms with Crippen molar-refractivity contribution in [1.29, 1.82) is 0 Å². The molecule has 3 nitrogen and oxygen atoms in total. The Morgan fingerprint density at radius 2 is 2.19 bits per heavy atom. The van der Waals surface area contributed by atoms with Crippen molar-refractivity contribution in [2.45, 2.75) is 25.9 Å². The molecule has 0 amide bonds. The Balaban J connectivity index is 2.08. The molecule has 1 aromatic rings. The largest absolute Gasteiger partial charge is 0.389 e. The molecule has 1 heterocycles. The average Bonchev–Trinajstić information content (AvgIpc) is 2.56. The average molecular weight is 220 g/mol. The SMILES string of the molecule is CN1CCc2cc(NCC(C)(C)O)ccc21. The van der Waals surface area contributed by atoms with Gasteiger partial charge in [-0.15, -0.1) is 0 Å². The summed E-state index contributed by atoms with van der Waals surface area (Å²) in [6, 6.07) is 6.41. The van der Waals surface area contributed by atoms with Crippen LogP contribution < -0.4 is 10.2 Å². The zero-order valence-electron chi connectivity index (χ0n) is 10.2. The molecule has 16 heavy (non-hydrogen) atoms. The van der Waals surface area contributed by atoms with E-state index in [0.29, 0.717) is 6.54 Å². The molecular formula is C13H20N2O. The van der Waals surface area contributed by atoms with Gasteiger partial charge in [0, 0.05) is 31.5 Å². The van der Waals surface area contributed by atoms with Crippen molar-refractivity contribution in [3.63, 3.8) is 0 Å². The first-order valence-electron chi connectivity index (χ1n) is 5.76. The van der Waals surface area contributed by atoms with Crippen LogP contribution in [0.25, 0.3) is 0 Å². The molecule has 3 heteroatoms. The Hall–Kier alpha value is -1.22. The minimum atomic E-state index is -0.671. The van der Waals surface area contributed by atoms with Gasteiger partial charge in [0.05, 0.1) is 5.60 Å². The summed E-state index contributed by atoms with van der Waals surface area (Å²) < 4.78 is 0. The van der Waals surface area contributed by atoms with Gasteiger partial charge in [-0.1, -0.05) is 0 Å². The highest BCUT2D eigenvalue weighted by atomic mass is 16.3. The van der Waals surface area contributed by atoms with E-state index < -0.39 is 5.60 Å². The number of rotatable bonds is 3. The van der Waals surface area contributed by atoms with Crippen molar-refractivity contribution in [1.82, 2.24) is 0 Å². The van der Waals surface area contributed by atoms with Gasteiger partial charge in [-0.3, -0.25) is 0 Å². The van der Waals surface area contributed by atoms with Crippen molar-refractivity contribution in [2.24, 2.45) is 0 Å². The maximum absolute atomic E-state index is 9.64. The minimum absolute atomic E-state index is 0.571. The topological polar surface area (TPSA) is 35.5 Å². The summed E-state index contributed by atoms with van der Waals surface area (Å²) in [5.41, 5.74) is 3.14. The van der Waals surface area contributed by atoms with Crippen molar-refractivity contribution >= 4 is 11.4 Å². The van der Waals surface area contributed by atoms with Gasteiger partial charge < -0.3 is 15.3 Å². The second-order valence-corrected chi connectivity index (χ2v) is 5.18. The van der Waals surface area contributed by atoms with E-state index in [0.717, 1.165) is 18.7 Å². The van der Waals surface area contributed by atoms with Crippen LogP contribution in [0.5, 0.6) is 0 Å². The van der Waals surface area contributed by atoms with Crippen LogP contribution >= 0.6 is 0 Å². The summed E-state index contributed by atoms with van der Waals surface area (Å²) in [5.74, 6) is 0. The van der Waals surface area contributed by atoms with E-state index >= 15 is 0 Å². The van der Waals surface area contributed by atoms with E-state index in [4.69, 9.17) is 0 Å². The zero-order chi connectivity index (χ0) is 11.8. The lowest BCUT2D eigenvalue weighted by Gasteiger charge is -2.19. The third-order valence-electron chi connectivity index (χ3n) is 2.93. The monoisotopic (exact) mass is 220 g/mol. The number of benzene rings is 1. The Bertz CT molecular complexity index is 382. The number of hydrogen-bond acceptors (Lipinski definition) is 3. The third kappa shape index (κ3) is 2.47. The van der Waals surface area contributed by atoms with Gasteiger partial charge in [0.15, 0.2) is 0 Å². The second kappa shape index (κ2) is 3.98. The van der Waals surface area contributed by atoms with Gasteiger partial charge in [0.2, 0.25) is 0 Å². The fraction of sp³-hybridized carbons (Fsp3) is 0.538. The molecule has 0 atom stereocenters. The lowest BCUT2D eigenvalue weighted by molar-refractivity contribution is 0.0945. The molecule has 0 radical (unpaired) electrons. The predicted molar refractivity (Wildman–Crippen MR) is 68.2 cm³/mol. The summed E-state index contributed by atoms with van der Waals surface area (Å²) in [7, 11) is 2.12. The number of nitrogens with zero attached hydrogens (tertiary/aromatic N) is 1. The van der Waals surface area contributed by atoms with E-state index in [1.807, 2.05) is 0 Å². The number of likely N-dealkylation sites (N-methyl/N-ethyl adjacent to an activating group) is 1. The molecule has 0 bridgehead atoms. The maximum Gasteiger partial charge on any atom is 0.0763 e. The maximum atomic E-state index is 9.64. The molecule has 0 aliphatic carbocycles. The highest BCUT2D eigenvalue weighted by Crippen LogP contribution is 2.29. The fourth-order valence-electron chi connectivity index (χ4n) is 2.00. The zero-order valence-corrected chi connectivity index (χ0v) is 10.2. The van der Waals surface area contributed by atoms with Crippen LogP contribution in [0.4, 0.5) is 11.4 Å². The van der Waals surface area contributed by atoms with Crippen molar-refractivity contribution < 1.29 is 5.11 Å². The van der Waals surface area contributed by atoms with Crippen molar-refractivity contribution in [3.05, 3.63) is 23.8 Å². The van der Waals surface area contributed by atoms with Crippen LogP contribution in [-0.4, -0.2) is 30.8 Å². The van der Waals surface area contributed by atoms with Crippen LogP contribution in [-0.2, 0) is 6.42 Å². The van der Waals surface area contributed by atoms with E-state index in [1.54, 1.807) is 13.8 Å². The first-order valence-corrected chi connectivity index (χ1v) is 5.76. The van der Waals surface area contributed by atoms with Gasteiger partial charge in [-0.2, -0.15) is 0 Å². The highest BCUT2D eigenvalue weighted by Gasteiger charge is 2.16. The van der Waals surface area contributed by atoms with Gasteiger partial charge in [-0.05, 0) is 44.0 Å². The molecule has 0 spiro atoms. The Morgan fingerprint density at radius 1 is 1.44 bits per heavy atom. The van der Waals surface area contributed by atoms with Gasteiger partial charge in [-0.25, -0.2) is 0 Å². The predicted octanol–water partition coefficient (Wildman–Crippen LogP) is 1.86. The quantitative estimate of drug-likeness (QED) is 0.816. The molecular weight excluding hydrogens is 200 g/mol. The van der Waals surface area contributed by atoms with Gasteiger partial charge in [0.25, 0.3) is 0 Å². The lowest BCUT2D eigenvalue weighted by atomic mass is 10.1. The molecule has 1 aliphatic heterocycles. The van der Waals surface area contributed by atoms with E-state index in [9.17, 15) is 5.11 Å². The van der Waals surface area contributed by atoms with Gasteiger partial charge in [0.1, 0.15) is 0 Å². The first kappa shape index (κ1) is 11.3.